The van der Waals surface area contributed by atoms with Crippen molar-refractivity contribution < 1.29 is 18.0 Å². The lowest BCUT2D eigenvalue weighted by atomic mass is 9.97. The zero-order chi connectivity index (χ0) is 12.2. The zero-order valence-electron chi connectivity index (χ0n) is 9.06. The Bertz CT molecular complexity index is 216. The van der Waals surface area contributed by atoms with Crippen molar-refractivity contribution >= 4 is 5.91 Å². The van der Waals surface area contributed by atoms with Crippen molar-refractivity contribution in [2.24, 2.45) is 17.6 Å². The van der Waals surface area contributed by atoms with E-state index in [1.165, 1.54) is 0 Å². The molecule has 2 unspecified atom stereocenters. The predicted octanol–water partition coefficient (Wildman–Crippen LogP) is 1.28. The van der Waals surface area contributed by atoms with Gasteiger partial charge in [0.25, 0.3) is 0 Å². The van der Waals surface area contributed by atoms with Crippen LogP contribution in [0.4, 0.5) is 13.2 Å². The molecule has 15 heavy (non-hydrogen) atoms. The van der Waals surface area contributed by atoms with Crippen molar-refractivity contribution in [1.29, 1.82) is 0 Å². The molecule has 6 heteroatoms. The number of hydrogen-bond acceptors (Lipinski definition) is 2. The summed E-state index contributed by atoms with van der Waals surface area (Å²) in [6.45, 7) is 4.49. The SMILES string of the molecule is CC(C)C(C)C(=O)NC(CN)C(F)(F)F. The van der Waals surface area contributed by atoms with Gasteiger partial charge in [0.1, 0.15) is 6.04 Å². The van der Waals surface area contributed by atoms with Crippen LogP contribution in [0.1, 0.15) is 20.8 Å². The van der Waals surface area contributed by atoms with Gasteiger partial charge in [0.05, 0.1) is 0 Å². The molecule has 0 saturated carbocycles. The van der Waals surface area contributed by atoms with Crippen LogP contribution in [-0.4, -0.2) is 24.7 Å². The number of nitrogens with two attached hydrogens (primary N) is 1. The van der Waals surface area contributed by atoms with E-state index in [1.54, 1.807) is 20.8 Å². The van der Waals surface area contributed by atoms with Gasteiger partial charge in [-0.15, -0.1) is 0 Å². The lowest BCUT2D eigenvalue weighted by Crippen LogP contribution is -2.51. The zero-order valence-corrected chi connectivity index (χ0v) is 9.06. The number of hydrogen-bond donors (Lipinski definition) is 2. The Balaban J connectivity index is 4.38. The Kier molecular flexibility index (Phi) is 5.07. The predicted molar refractivity (Wildman–Crippen MR) is 51.0 cm³/mol. The summed E-state index contributed by atoms with van der Waals surface area (Å²) in [7, 11) is 0. The number of halogens is 3. The van der Waals surface area contributed by atoms with Crippen LogP contribution in [0.2, 0.25) is 0 Å². The molecule has 0 fully saturated rings. The largest absolute Gasteiger partial charge is 0.409 e. The molecule has 0 aliphatic rings. The molecule has 0 rings (SSSR count). The average Bonchev–Trinajstić information content (AvgIpc) is 2.10. The second-order valence-corrected chi connectivity index (χ2v) is 3.87. The summed E-state index contributed by atoms with van der Waals surface area (Å²) in [6.07, 6.45) is -4.49. The third-order valence-corrected chi connectivity index (χ3v) is 2.36. The van der Waals surface area contributed by atoms with E-state index in [1.807, 2.05) is 5.32 Å². The lowest BCUT2D eigenvalue weighted by Gasteiger charge is -2.23. The maximum atomic E-state index is 12.3. The van der Waals surface area contributed by atoms with Gasteiger partial charge in [-0.25, -0.2) is 0 Å². The number of alkyl halides is 3. The van der Waals surface area contributed by atoms with Crippen molar-refractivity contribution in [1.82, 2.24) is 5.32 Å². The standard InChI is InChI=1S/C9H17F3N2O/c1-5(2)6(3)8(15)14-7(4-13)9(10,11)12/h5-7H,4,13H2,1-3H3,(H,14,15). The molecule has 0 spiro atoms. The summed E-state index contributed by atoms with van der Waals surface area (Å²) in [4.78, 5) is 11.3. The second-order valence-electron chi connectivity index (χ2n) is 3.87. The molecule has 1 amide bonds. The van der Waals surface area contributed by atoms with Gasteiger partial charge in [-0.05, 0) is 5.92 Å². The topological polar surface area (TPSA) is 55.1 Å². The van der Waals surface area contributed by atoms with Crippen LogP contribution in [0, 0.1) is 11.8 Å². The number of rotatable bonds is 4. The van der Waals surface area contributed by atoms with Gasteiger partial charge < -0.3 is 11.1 Å². The first kappa shape index (κ1) is 14.2. The van der Waals surface area contributed by atoms with Crippen LogP contribution in [0.3, 0.4) is 0 Å². The van der Waals surface area contributed by atoms with E-state index < -0.39 is 30.6 Å². The molecule has 0 aromatic carbocycles. The molecular weight excluding hydrogens is 209 g/mol. The molecule has 0 radical (unpaired) electrons. The van der Waals surface area contributed by atoms with E-state index in [0.29, 0.717) is 0 Å². The van der Waals surface area contributed by atoms with Gasteiger partial charge in [-0.1, -0.05) is 20.8 Å². The minimum Gasteiger partial charge on any atom is -0.343 e. The Morgan fingerprint density at radius 3 is 2.07 bits per heavy atom. The summed E-state index contributed by atoms with van der Waals surface area (Å²) in [5.41, 5.74) is 4.95. The van der Waals surface area contributed by atoms with Gasteiger partial charge in [-0.2, -0.15) is 13.2 Å². The minimum atomic E-state index is -4.49. The minimum absolute atomic E-state index is 0.00309. The first-order chi connectivity index (χ1) is 6.70. The van der Waals surface area contributed by atoms with Crippen LogP contribution in [-0.2, 0) is 4.79 Å². The third kappa shape index (κ3) is 4.51. The average molecular weight is 226 g/mol. The van der Waals surface area contributed by atoms with Crippen molar-refractivity contribution in [2.45, 2.75) is 33.0 Å². The molecule has 90 valence electrons. The fraction of sp³-hybridized carbons (Fsp3) is 0.889. The molecule has 3 nitrogen and oxygen atoms in total. The molecule has 0 aliphatic carbocycles. The van der Waals surface area contributed by atoms with E-state index >= 15 is 0 Å². The third-order valence-electron chi connectivity index (χ3n) is 2.36. The maximum Gasteiger partial charge on any atom is 0.409 e. The van der Waals surface area contributed by atoms with E-state index in [4.69, 9.17) is 5.73 Å². The summed E-state index contributed by atoms with van der Waals surface area (Å²) < 4.78 is 36.8. The molecule has 0 aliphatic heterocycles. The van der Waals surface area contributed by atoms with Crippen molar-refractivity contribution in [2.75, 3.05) is 6.54 Å². The highest BCUT2D eigenvalue weighted by molar-refractivity contribution is 5.78. The van der Waals surface area contributed by atoms with Crippen molar-refractivity contribution in [3.8, 4) is 0 Å². The van der Waals surface area contributed by atoms with E-state index in [-0.39, 0.29) is 5.92 Å². The Hall–Kier alpha value is -0.780. The summed E-state index contributed by atoms with van der Waals surface area (Å²) in [6, 6.07) is -1.95. The quantitative estimate of drug-likeness (QED) is 0.758. The molecule has 0 heterocycles. The summed E-state index contributed by atoms with van der Waals surface area (Å²) >= 11 is 0. The van der Waals surface area contributed by atoms with E-state index in [2.05, 4.69) is 0 Å². The fourth-order valence-corrected chi connectivity index (χ4v) is 0.880. The molecule has 0 saturated heterocycles. The van der Waals surface area contributed by atoms with Crippen LogP contribution in [0.15, 0.2) is 0 Å². The van der Waals surface area contributed by atoms with Crippen molar-refractivity contribution in [3.63, 3.8) is 0 Å². The smallest absolute Gasteiger partial charge is 0.343 e. The first-order valence-corrected chi connectivity index (χ1v) is 4.77. The molecular formula is C9H17F3N2O. The van der Waals surface area contributed by atoms with Crippen LogP contribution in [0.25, 0.3) is 0 Å². The van der Waals surface area contributed by atoms with Crippen LogP contribution < -0.4 is 11.1 Å². The highest BCUT2D eigenvalue weighted by Crippen LogP contribution is 2.20. The molecule has 2 atom stereocenters. The summed E-state index contributed by atoms with van der Waals surface area (Å²) in [5, 5.41) is 1.90. The first-order valence-electron chi connectivity index (χ1n) is 4.77. The lowest BCUT2D eigenvalue weighted by molar-refractivity contribution is -0.161. The second kappa shape index (κ2) is 5.34. The maximum absolute atomic E-state index is 12.3. The van der Waals surface area contributed by atoms with E-state index in [9.17, 15) is 18.0 Å². The van der Waals surface area contributed by atoms with E-state index in [0.717, 1.165) is 0 Å². The molecule has 0 aromatic heterocycles. The summed E-state index contributed by atoms with van der Waals surface area (Å²) in [5.74, 6) is -1.07. The normalized spacial score (nSPS) is 16.3. The van der Waals surface area contributed by atoms with Crippen molar-refractivity contribution in [3.05, 3.63) is 0 Å². The van der Waals surface area contributed by atoms with Gasteiger partial charge in [0, 0.05) is 12.5 Å². The van der Waals surface area contributed by atoms with Crippen LogP contribution in [0.5, 0.6) is 0 Å². The number of carbonyl (C=O) groups is 1. The van der Waals surface area contributed by atoms with Crippen LogP contribution >= 0.6 is 0 Å². The number of amides is 1. The Morgan fingerprint density at radius 1 is 1.33 bits per heavy atom. The van der Waals surface area contributed by atoms with Gasteiger partial charge in [0.15, 0.2) is 0 Å². The molecule has 0 bridgehead atoms. The Morgan fingerprint density at radius 2 is 1.80 bits per heavy atom. The number of nitrogens with one attached hydrogen (secondary N) is 1. The monoisotopic (exact) mass is 226 g/mol. The highest BCUT2D eigenvalue weighted by Gasteiger charge is 2.40. The van der Waals surface area contributed by atoms with Gasteiger partial charge >= 0.3 is 6.18 Å². The fourth-order valence-electron chi connectivity index (χ4n) is 0.880. The highest BCUT2D eigenvalue weighted by atomic mass is 19.4. The molecule has 3 N–H and O–H groups in total. The number of carbonyl (C=O) groups excluding carboxylic acids is 1. The molecule has 0 aromatic rings. The Labute approximate surface area is 87.2 Å². The van der Waals surface area contributed by atoms with Gasteiger partial charge in [-0.3, -0.25) is 4.79 Å². The van der Waals surface area contributed by atoms with Gasteiger partial charge in [0.2, 0.25) is 5.91 Å².